The third-order valence-corrected chi connectivity index (χ3v) is 4.62. The van der Waals surface area contributed by atoms with Crippen molar-refractivity contribution in [1.82, 2.24) is 19.5 Å². The summed E-state index contributed by atoms with van der Waals surface area (Å²) in [6, 6.07) is -0.236. The maximum atomic E-state index is 11.8. The van der Waals surface area contributed by atoms with Crippen LogP contribution >= 0.6 is 0 Å². The van der Waals surface area contributed by atoms with Crippen LogP contribution < -0.4 is 11.3 Å². The zero-order valence-corrected chi connectivity index (χ0v) is 11.1. The zero-order chi connectivity index (χ0) is 14.8. The third-order valence-electron chi connectivity index (χ3n) is 4.62. The molecule has 2 aromatic rings. The number of rotatable bonds is 2. The highest BCUT2D eigenvalue weighted by Crippen LogP contribution is 2.51. The molecule has 1 unspecified atom stereocenters. The molecule has 0 spiro atoms. The molecule has 1 saturated heterocycles. The van der Waals surface area contributed by atoms with Gasteiger partial charge in [0.05, 0.1) is 31.7 Å². The second kappa shape index (κ2) is 4.03. The SMILES string of the molecule is Nc1nc2c(ncn2[C@@H]2C[C@@]3(CO)CO[C@H]2C3O)c(=O)[nH]1. The van der Waals surface area contributed by atoms with E-state index >= 15 is 0 Å². The van der Waals surface area contributed by atoms with Crippen LogP contribution in [0.4, 0.5) is 5.95 Å². The van der Waals surface area contributed by atoms with E-state index in [1.54, 1.807) is 4.57 Å². The molecule has 2 bridgehead atoms. The number of imidazole rings is 1. The molecule has 1 aliphatic heterocycles. The van der Waals surface area contributed by atoms with E-state index in [4.69, 9.17) is 10.5 Å². The van der Waals surface area contributed by atoms with Crippen molar-refractivity contribution in [3.8, 4) is 0 Å². The number of ether oxygens (including phenoxy) is 1. The molecule has 2 fully saturated rings. The van der Waals surface area contributed by atoms with E-state index in [1.807, 2.05) is 0 Å². The number of aliphatic hydroxyl groups excluding tert-OH is 2. The molecule has 4 atom stereocenters. The Morgan fingerprint density at radius 1 is 1.62 bits per heavy atom. The molecule has 0 aromatic carbocycles. The molecule has 3 heterocycles. The van der Waals surface area contributed by atoms with Gasteiger partial charge < -0.3 is 25.3 Å². The number of aliphatic hydroxyl groups is 2. The average molecular weight is 293 g/mol. The van der Waals surface area contributed by atoms with Crippen molar-refractivity contribution in [3.05, 3.63) is 16.7 Å². The van der Waals surface area contributed by atoms with Gasteiger partial charge in [0.25, 0.3) is 5.56 Å². The average Bonchev–Trinajstić information content (AvgIpc) is 3.09. The first kappa shape index (κ1) is 12.7. The third kappa shape index (κ3) is 1.53. The predicted octanol–water partition coefficient (Wildman–Crippen LogP) is -1.61. The number of nitrogens with two attached hydrogens (primary N) is 1. The molecule has 9 heteroatoms. The van der Waals surface area contributed by atoms with Crippen LogP contribution in [0.1, 0.15) is 12.5 Å². The number of nitrogens with one attached hydrogen (secondary N) is 1. The van der Waals surface area contributed by atoms with Crippen LogP contribution in [0, 0.1) is 5.41 Å². The standard InChI is InChI=1S/C12H15N5O4/c13-11-15-9-6(10(20)16-11)14-4-17(9)5-1-12(2-18)3-21-7(5)8(12)19/h4-5,7-8,18-19H,1-3H2,(H3,13,15,16,20)/t5-,7-,8?,12-/m1/s1. The molecule has 0 amide bonds. The molecule has 2 aliphatic rings. The lowest BCUT2D eigenvalue weighted by molar-refractivity contribution is -0.00163. The van der Waals surface area contributed by atoms with Crippen molar-refractivity contribution in [2.75, 3.05) is 18.9 Å². The van der Waals surface area contributed by atoms with E-state index in [0.29, 0.717) is 18.7 Å². The zero-order valence-electron chi connectivity index (χ0n) is 11.1. The number of aromatic amines is 1. The lowest BCUT2D eigenvalue weighted by Crippen LogP contribution is -2.34. The molecule has 2 aromatic heterocycles. The van der Waals surface area contributed by atoms with Gasteiger partial charge in [-0.05, 0) is 6.42 Å². The van der Waals surface area contributed by atoms with Crippen LogP contribution in [0.25, 0.3) is 11.2 Å². The van der Waals surface area contributed by atoms with Gasteiger partial charge in [-0.3, -0.25) is 9.78 Å². The Morgan fingerprint density at radius 3 is 3.14 bits per heavy atom. The van der Waals surface area contributed by atoms with Crippen LogP contribution in [0.15, 0.2) is 11.1 Å². The van der Waals surface area contributed by atoms with Crippen molar-refractivity contribution in [1.29, 1.82) is 0 Å². The number of nitrogen functional groups attached to an aromatic ring is 1. The fourth-order valence-corrected chi connectivity index (χ4v) is 3.47. The van der Waals surface area contributed by atoms with Crippen molar-refractivity contribution >= 4 is 17.1 Å². The summed E-state index contributed by atoms with van der Waals surface area (Å²) in [6.07, 6.45) is 0.842. The molecule has 1 aliphatic carbocycles. The summed E-state index contributed by atoms with van der Waals surface area (Å²) >= 11 is 0. The summed E-state index contributed by atoms with van der Waals surface area (Å²) in [4.78, 5) is 22.4. The first-order chi connectivity index (χ1) is 10.1. The Kier molecular flexibility index (Phi) is 2.44. The normalized spacial score (nSPS) is 34.9. The van der Waals surface area contributed by atoms with Gasteiger partial charge in [-0.1, -0.05) is 0 Å². The van der Waals surface area contributed by atoms with Gasteiger partial charge in [0.2, 0.25) is 5.95 Å². The molecule has 112 valence electrons. The number of hydrogen-bond acceptors (Lipinski definition) is 7. The predicted molar refractivity (Wildman–Crippen MR) is 71.5 cm³/mol. The van der Waals surface area contributed by atoms with Gasteiger partial charge in [-0.15, -0.1) is 0 Å². The number of H-pyrrole nitrogens is 1. The van der Waals surface area contributed by atoms with E-state index in [-0.39, 0.29) is 24.1 Å². The Labute approximate surface area is 118 Å². The monoisotopic (exact) mass is 293 g/mol. The van der Waals surface area contributed by atoms with Gasteiger partial charge in [0.1, 0.15) is 6.10 Å². The molecular formula is C12H15N5O4. The van der Waals surface area contributed by atoms with Crippen LogP contribution in [0.2, 0.25) is 0 Å². The molecule has 5 N–H and O–H groups in total. The van der Waals surface area contributed by atoms with Gasteiger partial charge in [0.15, 0.2) is 11.2 Å². The minimum absolute atomic E-state index is 0.00995. The van der Waals surface area contributed by atoms with E-state index in [0.717, 1.165) is 0 Å². The van der Waals surface area contributed by atoms with E-state index in [1.165, 1.54) is 6.33 Å². The highest BCUT2D eigenvalue weighted by atomic mass is 16.5. The number of hydrogen-bond donors (Lipinski definition) is 4. The second-order valence-corrected chi connectivity index (χ2v) is 5.79. The Balaban J connectivity index is 1.84. The van der Waals surface area contributed by atoms with Crippen molar-refractivity contribution in [2.45, 2.75) is 24.7 Å². The topological polar surface area (TPSA) is 139 Å². The second-order valence-electron chi connectivity index (χ2n) is 5.79. The van der Waals surface area contributed by atoms with E-state index in [2.05, 4.69) is 15.0 Å². The smallest absolute Gasteiger partial charge is 0.280 e. The summed E-state index contributed by atoms with van der Waals surface area (Å²) < 4.78 is 7.30. The first-order valence-electron chi connectivity index (χ1n) is 6.68. The Bertz CT molecular complexity index is 771. The number of aromatic nitrogens is 4. The lowest BCUT2D eigenvalue weighted by atomic mass is 9.87. The van der Waals surface area contributed by atoms with Crippen LogP contribution in [-0.2, 0) is 4.74 Å². The number of nitrogens with zero attached hydrogens (tertiary/aromatic N) is 3. The molecule has 21 heavy (non-hydrogen) atoms. The van der Waals surface area contributed by atoms with Gasteiger partial charge in [-0.25, -0.2) is 4.98 Å². The quantitative estimate of drug-likeness (QED) is 0.522. The lowest BCUT2D eigenvalue weighted by Gasteiger charge is -2.28. The highest BCUT2D eigenvalue weighted by molar-refractivity contribution is 5.70. The van der Waals surface area contributed by atoms with E-state index < -0.39 is 23.2 Å². The minimum Gasteiger partial charge on any atom is -0.396 e. The number of fused-ring (bicyclic) bond motifs is 3. The summed E-state index contributed by atoms with van der Waals surface area (Å²) in [5.41, 5.74) is 5.07. The molecule has 1 saturated carbocycles. The first-order valence-corrected chi connectivity index (χ1v) is 6.68. The van der Waals surface area contributed by atoms with Gasteiger partial charge >= 0.3 is 0 Å². The summed E-state index contributed by atoms with van der Waals surface area (Å²) in [7, 11) is 0. The molecule has 0 radical (unpaired) electrons. The van der Waals surface area contributed by atoms with Crippen molar-refractivity contribution < 1.29 is 14.9 Å². The Hall–Kier alpha value is -1.97. The number of anilines is 1. The maximum Gasteiger partial charge on any atom is 0.280 e. The summed E-state index contributed by atoms with van der Waals surface area (Å²) in [6.45, 7) is 0.179. The summed E-state index contributed by atoms with van der Waals surface area (Å²) in [5.74, 6) is 0.00995. The van der Waals surface area contributed by atoms with Crippen LogP contribution in [-0.4, -0.2) is 55.2 Å². The Morgan fingerprint density at radius 2 is 2.43 bits per heavy atom. The molecular weight excluding hydrogens is 278 g/mol. The largest absolute Gasteiger partial charge is 0.396 e. The maximum absolute atomic E-state index is 11.8. The molecule has 9 nitrogen and oxygen atoms in total. The minimum atomic E-state index is -0.746. The van der Waals surface area contributed by atoms with Gasteiger partial charge in [0, 0.05) is 5.41 Å². The fourth-order valence-electron chi connectivity index (χ4n) is 3.47. The van der Waals surface area contributed by atoms with Gasteiger partial charge in [-0.2, -0.15) is 4.98 Å². The highest BCUT2D eigenvalue weighted by Gasteiger charge is 2.59. The van der Waals surface area contributed by atoms with Crippen LogP contribution in [0.5, 0.6) is 0 Å². The fraction of sp³-hybridized carbons (Fsp3) is 0.583. The molecule has 4 rings (SSSR count). The van der Waals surface area contributed by atoms with Crippen LogP contribution in [0.3, 0.4) is 0 Å². The summed E-state index contributed by atoms with van der Waals surface area (Å²) in [5, 5.41) is 19.9. The van der Waals surface area contributed by atoms with Crippen molar-refractivity contribution in [3.63, 3.8) is 0 Å². The van der Waals surface area contributed by atoms with Crippen molar-refractivity contribution in [2.24, 2.45) is 5.41 Å². The van der Waals surface area contributed by atoms with E-state index in [9.17, 15) is 15.0 Å².